The summed E-state index contributed by atoms with van der Waals surface area (Å²) >= 11 is 0. The van der Waals surface area contributed by atoms with E-state index in [1.54, 1.807) is 0 Å². The number of rotatable bonds is 8. The first-order chi connectivity index (χ1) is 13.0. The summed E-state index contributed by atoms with van der Waals surface area (Å²) in [5, 5.41) is 16.8. The van der Waals surface area contributed by atoms with Gasteiger partial charge in [-0.2, -0.15) is 5.10 Å². The third kappa shape index (κ3) is 5.05. The van der Waals surface area contributed by atoms with Crippen LogP contribution in [-0.2, 0) is 17.9 Å². The van der Waals surface area contributed by atoms with Crippen LogP contribution >= 0.6 is 0 Å². The Hall–Kier alpha value is -2.92. The smallest absolute Gasteiger partial charge is 0.304 e. The fourth-order valence-corrected chi connectivity index (χ4v) is 2.99. The molecule has 0 atom stereocenters. The Morgan fingerprint density at radius 1 is 1.11 bits per heavy atom. The van der Waals surface area contributed by atoms with Crippen molar-refractivity contribution in [2.75, 3.05) is 6.54 Å². The van der Waals surface area contributed by atoms with E-state index < -0.39 is 5.97 Å². The quantitative estimate of drug-likeness (QED) is 0.598. The summed E-state index contributed by atoms with van der Waals surface area (Å²) in [6, 6.07) is 16.6. The molecule has 0 radical (unpaired) electrons. The molecule has 5 heteroatoms. The summed E-state index contributed by atoms with van der Waals surface area (Å²) in [5.41, 5.74) is 6.77. The highest BCUT2D eigenvalue weighted by Crippen LogP contribution is 2.25. The topological polar surface area (TPSA) is 67.2 Å². The van der Waals surface area contributed by atoms with Gasteiger partial charge in [0, 0.05) is 30.4 Å². The number of carbonyl (C=O) groups is 1. The van der Waals surface area contributed by atoms with E-state index in [1.165, 1.54) is 16.7 Å². The first kappa shape index (κ1) is 18.9. The van der Waals surface area contributed by atoms with Crippen LogP contribution < -0.4 is 5.32 Å². The van der Waals surface area contributed by atoms with E-state index in [0.717, 1.165) is 16.8 Å². The number of nitrogens with zero attached hydrogens (tertiary/aromatic N) is 2. The standard InChI is InChI=1S/C22H25N3O2/c1-16-8-9-19(12-17(16)2)22-20(13-23-11-10-21(26)27)15-25(24-22)14-18-6-4-3-5-7-18/h3-9,12,15,23H,10-11,13-14H2,1-2H3,(H,26,27). The molecule has 0 fully saturated rings. The minimum absolute atomic E-state index is 0.108. The first-order valence-electron chi connectivity index (χ1n) is 9.13. The van der Waals surface area contributed by atoms with E-state index in [-0.39, 0.29) is 6.42 Å². The molecule has 0 saturated heterocycles. The molecule has 2 aromatic carbocycles. The highest BCUT2D eigenvalue weighted by molar-refractivity contribution is 5.67. The van der Waals surface area contributed by atoms with E-state index in [1.807, 2.05) is 29.1 Å². The number of aryl methyl sites for hydroxylation is 2. The van der Waals surface area contributed by atoms with Crippen LogP contribution in [0.2, 0.25) is 0 Å². The van der Waals surface area contributed by atoms with Gasteiger partial charge in [-0.05, 0) is 36.6 Å². The van der Waals surface area contributed by atoms with Crippen molar-refractivity contribution in [1.82, 2.24) is 15.1 Å². The van der Waals surface area contributed by atoms with Gasteiger partial charge < -0.3 is 10.4 Å². The zero-order chi connectivity index (χ0) is 19.2. The number of aliphatic carboxylic acids is 1. The van der Waals surface area contributed by atoms with Crippen molar-refractivity contribution in [3.05, 3.63) is 77.0 Å². The Kier molecular flexibility index (Phi) is 6.04. The van der Waals surface area contributed by atoms with Gasteiger partial charge in [0.2, 0.25) is 0 Å². The minimum atomic E-state index is -0.795. The molecule has 0 spiro atoms. The predicted octanol–water partition coefficient (Wildman–Crippen LogP) is 3.78. The van der Waals surface area contributed by atoms with E-state index in [0.29, 0.717) is 19.6 Å². The summed E-state index contributed by atoms with van der Waals surface area (Å²) in [4.78, 5) is 10.7. The maximum Gasteiger partial charge on any atom is 0.304 e. The second-order valence-electron chi connectivity index (χ2n) is 6.81. The fraction of sp³-hybridized carbons (Fsp3) is 0.273. The Bertz CT molecular complexity index is 917. The molecule has 5 nitrogen and oxygen atoms in total. The number of carboxylic acid groups (broad SMARTS) is 1. The zero-order valence-electron chi connectivity index (χ0n) is 15.8. The van der Waals surface area contributed by atoms with Crippen LogP contribution in [0.15, 0.2) is 54.7 Å². The molecular weight excluding hydrogens is 338 g/mol. The number of hydrogen-bond acceptors (Lipinski definition) is 3. The lowest BCUT2D eigenvalue weighted by molar-refractivity contribution is -0.136. The van der Waals surface area contributed by atoms with Gasteiger partial charge in [-0.1, -0.05) is 42.5 Å². The molecule has 0 bridgehead atoms. The Morgan fingerprint density at radius 3 is 2.59 bits per heavy atom. The number of benzene rings is 2. The van der Waals surface area contributed by atoms with Crippen LogP contribution in [0.4, 0.5) is 0 Å². The third-order valence-electron chi connectivity index (χ3n) is 4.64. The number of aromatic nitrogens is 2. The highest BCUT2D eigenvalue weighted by Gasteiger charge is 2.12. The second-order valence-corrected chi connectivity index (χ2v) is 6.81. The molecule has 0 saturated carbocycles. The molecule has 0 aliphatic carbocycles. The first-order valence-corrected chi connectivity index (χ1v) is 9.13. The average Bonchev–Trinajstić information content (AvgIpc) is 3.04. The van der Waals surface area contributed by atoms with Crippen LogP contribution in [0.1, 0.15) is 28.7 Å². The van der Waals surface area contributed by atoms with Crippen molar-refractivity contribution >= 4 is 5.97 Å². The molecule has 3 rings (SSSR count). The molecule has 0 aliphatic heterocycles. The Labute approximate surface area is 159 Å². The van der Waals surface area contributed by atoms with Gasteiger partial charge in [0.05, 0.1) is 18.7 Å². The van der Waals surface area contributed by atoms with Crippen LogP contribution in [0.5, 0.6) is 0 Å². The third-order valence-corrected chi connectivity index (χ3v) is 4.64. The average molecular weight is 363 g/mol. The van der Waals surface area contributed by atoms with Gasteiger partial charge in [0.1, 0.15) is 0 Å². The summed E-state index contributed by atoms with van der Waals surface area (Å²) in [6.07, 6.45) is 2.16. The molecule has 1 heterocycles. The lowest BCUT2D eigenvalue weighted by Gasteiger charge is -2.06. The molecule has 140 valence electrons. The van der Waals surface area contributed by atoms with Crippen molar-refractivity contribution in [3.8, 4) is 11.3 Å². The minimum Gasteiger partial charge on any atom is -0.481 e. The molecule has 1 aromatic heterocycles. The van der Waals surface area contributed by atoms with Crippen molar-refractivity contribution in [2.24, 2.45) is 0 Å². The van der Waals surface area contributed by atoms with Crippen LogP contribution in [0, 0.1) is 13.8 Å². The SMILES string of the molecule is Cc1ccc(-c2nn(Cc3ccccc3)cc2CNCCC(=O)O)cc1C. The van der Waals surface area contributed by atoms with E-state index in [2.05, 4.69) is 49.5 Å². The monoisotopic (exact) mass is 363 g/mol. The maximum absolute atomic E-state index is 10.7. The Morgan fingerprint density at radius 2 is 1.89 bits per heavy atom. The maximum atomic E-state index is 10.7. The van der Waals surface area contributed by atoms with Gasteiger partial charge >= 0.3 is 5.97 Å². The predicted molar refractivity (Wildman–Crippen MR) is 107 cm³/mol. The lowest BCUT2D eigenvalue weighted by Crippen LogP contribution is -2.17. The van der Waals surface area contributed by atoms with E-state index in [4.69, 9.17) is 10.2 Å². The zero-order valence-corrected chi connectivity index (χ0v) is 15.8. The van der Waals surface area contributed by atoms with Crippen molar-refractivity contribution in [3.63, 3.8) is 0 Å². The summed E-state index contributed by atoms with van der Waals surface area (Å²) in [5.74, 6) is -0.795. The molecule has 27 heavy (non-hydrogen) atoms. The van der Waals surface area contributed by atoms with Crippen molar-refractivity contribution in [2.45, 2.75) is 33.4 Å². The van der Waals surface area contributed by atoms with Gasteiger partial charge in [0.25, 0.3) is 0 Å². The summed E-state index contributed by atoms with van der Waals surface area (Å²) in [6.45, 7) is 5.93. The normalized spacial score (nSPS) is 10.9. The summed E-state index contributed by atoms with van der Waals surface area (Å²) in [7, 11) is 0. The van der Waals surface area contributed by atoms with Crippen LogP contribution in [0.25, 0.3) is 11.3 Å². The van der Waals surface area contributed by atoms with Gasteiger partial charge in [-0.3, -0.25) is 9.48 Å². The van der Waals surface area contributed by atoms with E-state index >= 15 is 0 Å². The lowest BCUT2D eigenvalue weighted by atomic mass is 10.0. The largest absolute Gasteiger partial charge is 0.481 e. The van der Waals surface area contributed by atoms with E-state index in [9.17, 15) is 4.79 Å². The van der Waals surface area contributed by atoms with Gasteiger partial charge in [0.15, 0.2) is 0 Å². The number of hydrogen-bond donors (Lipinski definition) is 2. The van der Waals surface area contributed by atoms with Gasteiger partial charge in [-0.15, -0.1) is 0 Å². The molecule has 0 unspecified atom stereocenters. The molecule has 0 aliphatic rings. The number of nitrogens with one attached hydrogen (secondary N) is 1. The van der Waals surface area contributed by atoms with Crippen molar-refractivity contribution in [1.29, 1.82) is 0 Å². The van der Waals surface area contributed by atoms with Crippen LogP contribution in [-0.4, -0.2) is 27.4 Å². The van der Waals surface area contributed by atoms with Crippen LogP contribution in [0.3, 0.4) is 0 Å². The highest BCUT2D eigenvalue weighted by atomic mass is 16.4. The van der Waals surface area contributed by atoms with Crippen molar-refractivity contribution < 1.29 is 9.90 Å². The second kappa shape index (κ2) is 8.64. The fourth-order valence-electron chi connectivity index (χ4n) is 2.99. The molecule has 3 aromatic rings. The molecule has 2 N–H and O–H groups in total. The number of carboxylic acids is 1. The summed E-state index contributed by atoms with van der Waals surface area (Å²) < 4.78 is 1.95. The molecular formula is C22H25N3O2. The molecule has 0 amide bonds. The Balaban J connectivity index is 1.86. The van der Waals surface area contributed by atoms with Gasteiger partial charge in [-0.25, -0.2) is 0 Å².